The minimum Gasteiger partial charge on any atom is -0.481 e. The molecule has 0 bridgehead atoms. The van der Waals surface area contributed by atoms with Crippen LogP contribution in [0.1, 0.15) is 10.4 Å². The average Bonchev–Trinajstić information content (AvgIpc) is 2.87. The molecule has 1 aliphatic rings. The fourth-order valence-electron chi connectivity index (χ4n) is 2.05. The van der Waals surface area contributed by atoms with Gasteiger partial charge in [-0.3, -0.25) is 9.59 Å². The van der Waals surface area contributed by atoms with E-state index in [1.807, 2.05) is 0 Å². The van der Waals surface area contributed by atoms with E-state index in [1.54, 1.807) is 19.2 Å². The Kier molecular flexibility index (Phi) is 4.01. The molecule has 1 aromatic heterocycles. The van der Waals surface area contributed by atoms with Crippen molar-refractivity contribution < 1.29 is 19.4 Å². The summed E-state index contributed by atoms with van der Waals surface area (Å²) in [4.78, 5) is 28.5. The highest BCUT2D eigenvalue weighted by Crippen LogP contribution is 2.22. The van der Waals surface area contributed by atoms with Crippen LogP contribution in [0.4, 0.5) is 0 Å². The van der Waals surface area contributed by atoms with Crippen LogP contribution in [0, 0.1) is 5.92 Å². The van der Waals surface area contributed by atoms with Crippen molar-refractivity contribution in [1.29, 1.82) is 0 Å². The smallest absolute Gasteiger partial charge is 0.311 e. The Hall–Kier alpha value is -1.66. The number of halogens is 1. The standard InChI is InChI=1S/C12H13ClN2O4/c1-15(9-6-19-5-8(9)12(17)18)11(16)7-3-2-4-14-10(7)13/h2-4,8-9H,5-6H2,1H3,(H,17,18). The first-order chi connectivity index (χ1) is 9.02. The third-order valence-corrected chi connectivity index (χ3v) is 3.48. The van der Waals surface area contributed by atoms with E-state index in [2.05, 4.69) is 4.98 Å². The molecule has 19 heavy (non-hydrogen) atoms. The van der Waals surface area contributed by atoms with Gasteiger partial charge in [0.05, 0.1) is 24.8 Å². The summed E-state index contributed by atoms with van der Waals surface area (Å²) < 4.78 is 5.15. The Morgan fingerprint density at radius 3 is 2.89 bits per heavy atom. The van der Waals surface area contributed by atoms with Gasteiger partial charge in [-0.25, -0.2) is 4.98 Å². The lowest BCUT2D eigenvalue weighted by Crippen LogP contribution is -2.44. The predicted molar refractivity (Wildman–Crippen MR) is 67.1 cm³/mol. The first-order valence-corrected chi connectivity index (χ1v) is 6.08. The van der Waals surface area contributed by atoms with Crippen molar-refractivity contribution in [3.05, 3.63) is 29.0 Å². The fourth-order valence-corrected chi connectivity index (χ4v) is 2.25. The summed E-state index contributed by atoms with van der Waals surface area (Å²) in [6.07, 6.45) is 1.48. The van der Waals surface area contributed by atoms with E-state index >= 15 is 0 Å². The van der Waals surface area contributed by atoms with E-state index in [1.165, 1.54) is 11.1 Å². The maximum atomic E-state index is 12.3. The third-order valence-electron chi connectivity index (χ3n) is 3.17. The normalized spacial score (nSPS) is 22.2. The molecule has 1 amide bonds. The molecule has 1 aliphatic heterocycles. The van der Waals surface area contributed by atoms with Crippen LogP contribution in [0.25, 0.3) is 0 Å². The second kappa shape index (κ2) is 5.54. The Balaban J connectivity index is 2.20. The van der Waals surface area contributed by atoms with E-state index in [9.17, 15) is 9.59 Å². The lowest BCUT2D eigenvalue weighted by molar-refractivity contribution is -0.142. The zero-order valence-corrected chi connectivity index (χ0v) is 11.0. The maximum Gasteiger partial charge on any atom is 0.311 e. The van der Waals surface area contributed by atoms with E-state index in [4.69, 9.17) is 21.4 Å². The van der Waals surface area contributed by atoms with Crippen LogP contribution >= 0.6 is 11.6 Å². The third kappa shape index (κ3) is 2.69. The van der Waals surface area contributed by atoms with E-state index in [0.29, 0.717) is 0 Å². The summed E-state index contributed by atoms with van der Waals surface area (Å²) >= 11 is 5.86. The van der Waals surface area contributed by atoms with Crippen LogP contribution in [0.2, 0.25) is 5.15 Å². The quantitative estimate of drug-likeness (QED) is 0.835. The molecule has 0 aromatic carbocycles. The second-order valence-electron chi connectivity index (χ2n) is 4.31. The molecule has 0 spiro atoms. The summed E-state index contributed by atoms with van der Waals surface area (Å²) in [5, 5.41) is 9.19. The number of ether oxygens (including phenoxy) is 1. The molecular weight excluding hydrogens is 272 g/mol. The zero-order chi connectivity index (χ0) is 14.0. The van der Waals surface area contributed by atoms with Crippen LogP contribution in [0.15, 0.2) is 18.3 Å². The molecule has 2 heterocycles. The molecule has 102 valence electrons. The number of rotatable bonds is 3. The van der Waals surface area contributed by atoms with Gasteiger partial charge in [0, 0.05) is 13.2 Å². The summed E-state index contributed by atoms with van der Waals surface area (Å²) in [5.74, 6) is -2.05. The van der Waals surface area contributed by atoms with Gasteiger partial charge in [-0.15, -0.1) is 0 Å². The molecule has 6 nitrogen and oxygen atoms in total. The highest BCUT2D eigenvalue weighted by atomic mass is 35.5. The minimum atomic E-state index is -0.973. The zero-order valence-electron chi connectivity index (χ0n) is 10.2. The molecule has 0 saturated carbocycles. The number of carbonyl (C=O) groups is 2. The van der Waals surface area contributed by atoms with Crippen LogP contribution in [0.5, 0.6) is 0 Å². The maximum absolute atomic E-state index is 12.3. The van der Waals surface area contributed by atoms with E-state index < -0.39 is 17.9 Å². The number of carboxylic acid groups (broad SMARTS) is 1. The lowest BCUT2D eigenvalue weighted by atomic mass is 10.0. The van der Waals surface area contributed by atoms with Gasteiger partial charge in [0.2, 0.25) is 0 Å². The van der Waals surface area contributed by atoms with Gasteiger partial charge in [-0.05, 0) is 12.1 Å². The molecule has 2 rings (SSSR count). The van der Waals surface area contributed by atoms with Gasteiger partial charge in [-0.2, -0.15) is 0 Å². The van der Waals surface area contributed by atoms with Crippen LogP contribution in [0.3, 0.4) is 0 Å². The van der Waals surface area contributed by atoms with Crippen molar-refractivity contribution in [3.8, 4) is 0 Å². The molecule has 1 saturated heterocycles. The molecule has 0 aliphatic carbocycles. The Labute approximate surface area is 114 Å². The SMILES string of the molecule is CN(C(=O)c1cccnc1Cl)C1COCC1C(=O)O. The molecule has 2 unspecified atom stereocenters. The minimum absolute atomic E-state index is 0.102. The number of hydrogen-bond acceptors (Lipinski definition) is 4. The molecule has 0 radical (unpaired) electrons. The van der Waals surface area contributed by atoms with Crippen molar-refractivity contribution in [1.82, 2.24) is 9.88 Å². The number of aliphatic carboxylic acids is 1. The summed E-state index contributed by atoms with van der Waals surface area (Å²) in [5.41, 5.74) is 0.253. The van der Waals surface area contributed by atoms with Crippen molar-refractivity contribution in [2.75, 3.05) is 20.3 Å². The van der Waals surface area contributed by atoms with Gasteiger partial charge >= 0.3 is 5.97 Å². The van der Waals surface area contributed by atoms with Crippen molar-refractivity contribution >= 4 is 23.5 Å². The molecule has 1 N–H and O–H groups in total. The number of amides is 1. The summed E-state index contributed by atoms with van der Waals surface area (Å²) in [6, 6.07) is 2.66. The predicted octanol–water partition coefficient (Wildman–Crippen LogP) is 0.907. The van der Waals surface area contributed by atoms with Gasteiger partial charge < -0.3 is 14.7 Å². The van der Waals surface area contributed by atoms with Crippen molar-refractivity contribution in [2.24, 2.45) is 5.92 Å². The van der Waals surface area contributed by atoms with Crippen LogP contribution in [-0.4, -0.2) is 53.2 Å². The van der Waals surface area contributed by atoms with Gasteiger partial charge in [0.1, 0.15) is 11.1 Å². The van der Waals surface area contributed by atoms with Crippen LogP contribution < -0.4 is 0 Å². The molecule has 2 atom stereocenters. The Morgan fingerprint density at radius 2 is 2.26 bits per heavy atom. The highest BCUT2D eigenvalue weighted by molar-refractivity contribution is 6.32. The van der Waals surface area contributed by atoms with Crippen molar-refractivity contribution in [2.45, 2.75) is 6.04 Å². The van der Waals surface area contributed by atoms with Gasteiger partial charge in [0.25, 0.3) is 5.91 Å². The second-order valence-corrected chi connectivity index (χ2v) is 4.67. The number of aromatic nitrogens is 1. The first kappa shape index (κ1) is 13.8. The van der Waals surface area contributed by atoms with E-state index in [-0.39, 0.29) is 29.8 Å². The van der Waals surface area contributed by atoms with Crippen LogP contribution in [-0.2, 0) is 9.53 Å². The molecule has 1 aromatic rings. The Morgan fingerprint density at radius 1 is 1.53 bits per heavy atom. The van der Waals surface area contributed by atoms with E-state index in [0.717, 1.165) is 0 Å². The lowest BCUT2D eigenvalue weighted by Gasteiger charge is -2.26. The number of hydrogen-bond donors (Lipinski definition) is 1. The van der Waals surface area contributed by atoms with Crippen molar-refractivity contribution in [3.63, 3.8) is 0 Å². The number of likely N-dealkylation sites (N-methyl/N-ethyl adjacent to an activating group) is 1. The summed E-state index contributed by atoms with van der Waals surface area (Å²) in [7, 11) is 1.54. The topological polar surface area (TPSA) is 79.7 Å². The highest BCUT2D eigenvalue weighted by Gasteiger charge is 2.39. The Bertz CT molecular complexity index is 508. The molecule has 7 heteroatoms. The largest absolute Gasteiger partial charge is 0.481 e. The first-order valence-electron chi connectivity index (χ1n) is 5.70. The van der Waals surface area contributed by atoms with Gasteiger partial charge in [0.15, 0.2) is 0 Å². The number of carbonyl (C=O) groups excluding carboxylic acids is 1. The number of pyridine rings is 1. The summed E-state index contributed by atoms with van der Waals surface area (Å²) in [6.45, 7) is 0.315. The molecular formula is C12H13ClN2O4. The molecule has 1 fully saturated rings. The fraction of sp³-hybridized carbons (Fsp3) is 0.417. The number of carboxylic acids is 1. The number of nitrogens with zero attached hydrogens (tertiary/aromatic N) is 2. The monoisotopic (exact) mass is 284 g/mol. The average molecular weight is 285 g/mol. The van der Waals surface area contributed by atoms with Gasteiger partial charge in [-0.1, -0.05) is 11.6 Å².